The maximum absolute atomic E-state index is 13.5. The lowest BCUT2D eigenvalue weighted by atomic mass is 9.84. The Bertz CT molecular complexity index is 1370. The molecule has 0 spiro atoms. The SMILES string of the molecule is CC1(C)CC[C@H](c2ccc(Nc3cc(CC(=O)C4CC4)nc4c3N=C(C(F)F)C4)c(S(C)(=O)=O)c2)OC1. The number of ketones is 1. The van der Waals surface area contributed by atoms with Crippen molar-refractivity contribution in [1.29, 1.82) is 0 Å². The van der Waals surface area contributed by atoms with Gasteiger partial charge >= 0.3 is 0 Å². The van der Waals surface area contributed by atoms with Crippen molar-refractivity contribution in [2.45, 2.75) is 69.8 Å². The molecule has 2 aliphatic heterocycles. The highest BCUT2D eigenvalue weighted by Gasteiger charge is 2.32. The third-order valence-electron chi connectivity index (χ3n) is 7.17. The van der Waals surface area contributed by atoms with Crippen molar-refractivity contribution in [2.75, 3.05) is 18.2 Å². The Morgan fingerprint density at radius 1 is 1.19 bits per heavy atom. The van der Waals surface area contributed by atoms with Crippen LogP contribution in [0.15, 0.2) is 34.2 Å². The van der Waals surface area contributed by atoms with Crippen LogP contribution in [0.1, 0.15) is 62.6 Å². The topological polar surface area (TPSA) is 97.7 Å². The van der Waals surface area contributed by atoms with Gasteiger partial charge in [0.2, 0.25) is 0 Å². The molecule has 0 unspecified atom stereocenters. The van der Waals surface area contributed by atoms with Crippen LogP contribution in [0.3, 0.4) is 0 Å². The number of alkyl halides is 2. The average Bonchev–Trinajstić information content (AvgIpc) is 3.58. The number of carbonyl (C=O) groups is 1. The van der Waals surface area contributed by atoms with Crippen molar-refractivity contribution in [1.82, 2.24) is 4.98 Å². The molecule has 1 saturated carbocycles. The van der Waals surface area contributed by atoms with E-state index >= 15 is 0 Å². The van der Waals surface area contributed by atoms with Crippen LogP contribution in [0.25, 0.3) is 0 Å². The summed E-state index contributed by atoms with van der Waals surface area (Å²) in [6, 6.07) is 6.73. The van der Waals surface area contributed by atoms with Gasteiger partial charge in [0.25, 0.3) is 6.43 Å². The van der Waals surface area contributed by atoms with Gasteiger partial charge in [-0.3, -0.25) is 9.78 Å². The number of halogens is 2. The number of nitrogens with one attached hydrogen (secondary N) is 1. The zero-order chi connectivity index (χ0) is 26.5. The summed E-state index contributed by atoms with van der Waals surface area (Å²) in [6.07, 6.45) is 1.65. The van der Waals surface area contributed by atoms with E-state index in [-0.39, 0.29) is 52.4 Å². The lowest BCUT2D eigenvalue weighted by molar-refractivity contribution is -0.119. The van der Waals surface area contributed by atoms with Crippen molar-refractivity contribution in [2.24, 2.45) is 16.3 Å². The lowest BCUT2D eigenvalue weighted by Crippen LogP contribution is -2.27. The summed E-state index contributed by atoms with van der Waals surface area (Å²) in [4.78, 5) is 21.1. The number of hydrogen-bond acceptors (Lipinski definition) is 7. The predicted molar refractivity (Wildman–Crippen MR) is 137 cm³/mol. The fraction of sp³-hybridized carbons (Fsp3) is 0.519. The molecule has 3 heterocycles. The van der Waals surface area contributed by atoms with E-state index in [1.54, 1.807) is 18.2 Å². The van der Waals surface area contributed by atoms with E-state index in [2.05, 4.69) is 29.1 Å². The zero-order valence-corrected chi connectivity index (χ0v) is 22.0. The first kappa shape index (κ1) is 25.9. The standard InChI is InChI=1S/C27H31F2N3O4S/c1-27(2)9-8-23(36-14-27)16-6-7-18(24(10-16)37(3,34)35)31-19-11-17(12-22(33)15-4-5-15)30-20-13-21(26(28)29)32-25(19)20/h6-7,10-11,15,23,26H,4-5,8-9,12-14H2,1-3H3,(H,30,31)/t23-/m1/s1. The number of nitrogens with zero attached hydrogens (tertiary/aromatic N) is 2. The molecule has 2 aromatic rings. The minimum Gasteiger partial charge on any atom is -0.373 e. The molecule has 5 rings (SSSR count). The summed E-state index contributed by atoms with van der Waals surface area (Å²) in [7, 11) is -3.65. The van der Waals surface area contributed by atoms with Crippen LogP contribution in [-0.4, -0.2) is 44.2 Å². The van der Waals surface area contributed by atoms with E-state index in [1.807, 2.05) is 6.07 Å². The van der Waals surface area contributed by atoms with Gasteiger partial charge in [0, 0.05) is 25.0 Å². The number of Topliss-reactive ketones (excluding diaryl/α,β-unsaturated/α-hetero) is 1. The number of pyridine rings is 1. The molecule has 1 aliphatic carbocycles. The minimum absolute atomic E-state index is 0.0382. The first-order valence-electron chi connectivity index (χ1n) is 12.5. The Labute approximate surface area is 215 Å². The summed E-state index contributed by atoms with van der Waals surface area (Å²) in [5.41, 5.74) is 2.27. The van der Waals surface area contributed by atoms with Crippen molar-refractivity contribution in [3.63, 3.8) is 0 Å². The van der Waals surface area contributed by atoms with Crippen LogP contribution in [0, 0.1) is 11.3 Å². The third kappa shape index (κ3) is 5.75. The first-order chi connectivity index (χ1) is 17.4. The summed E-state index contributed by atoms with van der Waals surface area (Å²) >= 11 is 0. The molecule has 1 aromatic carbocycles. The highest BCUT2D eigenvalue weighted by Crippen LogP contribution is 2.41. The van der Waals surface area contributed by atoms with Gasteiger partial charge < -0.3 is 10.1 Å². The lowest BCUT2D eigenvalue weighted by Gasteiger charge is -2.35. The number of hydrogen-bond donors (Lipinski definition) is 1. The van der Waals surface area contributed by atoms with Crippen LogP contribution in [0.5, 0.6) is 0 Å². The number of aliphatic imine (C=N–C) groups is 1. The molecule has 1 aromatic heterocycles. The van der Waals surface area contributed by atoms with E-state index in [0.717, 1.165) is 37.5 Å². The molecule has 7 nitrogen and oxygen atoms in total. The second-order valence-electron chi connectivity index (χ2n) is 11.1. The first-order valence-corrected chi connectivity index (χ1v) is 14.4. The van der Waals surface area contributed by atoms with Gasteiger partial charge in [-0.25, -0.2) is 22.2 Å². The van der Waals surface area contributed by atoms with Crippen LogP contribution in [0.4, 0.5) is 25.8 Å². The molecule has 37 heavy (non-hydrogen) atoms. The van der Waals surface area contributed by atoms with Gasteiger partial charge in [0.1, 0.15) is 11.5 Å². The Hall–Kier alpha value is -2.72. The minimum atomic E-state index is -3.65. The molecule has 10 heteroatoms. The van der Waals surface area contributed by atoms with E-state index in [9.17, 15) is 22.0 Å². The van der Waals surface area contributed by atoms with Crippen LogP contribution < -0.4 is 5.32 Å². The molecule has 1 N–H and O–H groups in total. The maximum Gasteiger partial charge on any atom is 0.277 e. The highest BCUT2D eigenvalue weighted by atomic mass is 32.2. The third-order valence-corrected chi connectivity index (χ3v) is 8.30. The second kappa shape index (κ2) is 9.54. The fourth-order valence-corrected chi connectivity index (χ4v) is 5.72. The molecule has 0 amide bonds. The van der Waals surface area contributed by atoms with E-state index in [1.165, 1.54) is 0 Å². The van der Waals surface area contributed by atoms with Crippen molar-refractivity contribution in [3.05, 3.63) is 41.2 Å². The molecule has 198 valence electrons. The quantitative estimate of drug-likeness (QED) is 0.482. The number of sulfone groups is 1. The Balaban J connectivity index is 1.50. The Morgan fingerprint density at radius 2 is 1.95 bits per heavy atom. The normalized spacial score (nSPS) is 21.0. The zero-order valence-electron chi connectivity index (χ0n) is 21.2. The number of rotatable bonds is 8. The van der Waals surface area contributed by atoms with Crippen LogP contribution in [0.2, 0.25) is 0 Å². The van der Waals surface area contributed by atoms with Gasteiger partial charge in [0.05, 0.1) is 46.1 Å². The van der Waals surface area contributed by atoms with Crippen molar-refractivity contribution >= 4 is 38.4 Å². The van der Waals surface area contributed by atoms with Crippen LogP contribution in [-0.2, 0) is 32.2 Å². The molecular formula is C27H31F2N3O4S. The predicted octanol–water partition coefficient (Wildman–Crippen LogP) is 5.52. The highest BCUT2D eigenvalue weighted by molar-refractivity contribution is 7.90. The molecule has 3 aliphatic rings. The van der Waals surface area contributed by atoms with E-state index in [0.29, 0.717) is 29.4 Å². The number of ether oxygens (including phenoxy) is 1. The second-order valence-corrected chi connectivity index (χ2v) is 13.1. The smallest absolute Gasteiger partial charge is 0.277 e. The van der Waals surface area contributed by atoms with Gasteiger partial charge in [-0.2, -0.15) is 0 Å². The Morgan fingerprint density at radius 3 is 2.57 bits per heavy atom. The maximum atomic E-state index is 13.5. The summed E-state index contributed by atoms with van der Waals surface area (Å²) < 4.78 is 58.5. The number of aromatic nitrogens is 1. The van der Waals surface area contributed by atoms with Crippen LogP contribution >= 0.6 is 0 Å². The van der Waals surface area contributed by atoms with Gasteiger partial charge in [-0.1, -0.05) is 19.9 Å². The summed E-state index contributed by atoms with van der Waals surface area (Å²) in [5.74, 6) is 0.111. The Kier molecular flexibility index (Phi) is 6.68. The molecule has 1 atom stereocenters. The van der Waals surface area contributed by atoms with E-state index in [4.69, 9.17) is 4.74 Å². The summed E-state index contributed by atoms with van der Waals surface area (Å²) in [5, 5.41) is 3.12. The molecule has 0 bridgehead atoms. The van der Waals surface area contributed by atoms with Crippen molar-refractivity contribution in [3.8, 4) is 0 Å². The molecule has 0 radical (unpaired) electrons. The van der Waals surface area contributed by atoms with Crippen molar-refractivity contribution < 1.29 is 26.7 Å². The largest absolute Gasteiger partial charge is 0.373 e. The molecule has 1 saturated heterocycles. The van der Waals surface area contributed by atoms with Gasteiger partial charge in [0.15, 0.2) is 9.84 Å². The van der Waals surface area contributed by atoms with Gasteiger partial charge in [-0.05, 0) is 54.9 Å². The monoisotopic (exact) mass is 531 g/mol. The fourth-order valence-electron chi connectivity index (χ4n) is 4.85. The number of benzene rings is 1. The molecular weight excluding hydrogens is 500 g/mol. The molecule has 2 fully saturated rings. The van der Waals surface area contributed by atoms with Gasteiger partial charge in [-0.15, -0.1) is 0 Å². The number of carbonyl (C=O) groups excluding carboxylic acids is 1. The average molecular weight is 532 g/mol. The number of fused-ring (bicyclic) bond motifs is 1. The van der Waals surface area contributed by atoms with E-state index < -0.39 is 16.3 Å². The number of anilines is 2. The summed E-state index contributed by atoms with van der Waals surface area (Å²) in [6.45, 7) is 4.86.